The lowest BCUT2D eigenvalue weighted by atomic mass is 10.0. The first-order valence-corrected chi connectivity index (χ1v) is 6.01. The van der Waals surface area contributed by atoms with Gasteiger partial charge in [-0.3, -0.25) is 9.89 Å². The van der Waals surface area contributed by atoms with Crippen molar-refractivity contribution in [1.82, 2.24) is 15.5 Å². The van der Waals surface area contributed by atoms with Crippen LogP contribution in [0.5, 0.6) is 0 Å². The molecule has 96 valence electrons. The van der Waals surface area contributed by atoms with E-state index in [1.54, 1.807) is 0 Å². The number of hydrogen-bond acceptors (Lipinski definition) is 3. The Hall–Kier alpha value is -1.36. The molecule has 17 heavy (non-hydrogen) atoms. The van der Waals surface area contributed by atoms with Gasteiger partial charge in [-0.2, -0.15) is 5.10 Å². The second-order valence-electron chi connectivity index (χ2n) is 4.85. The van der Waals surface area contributed by atoms with E-state index in [1.807, 2.05) is 13.0 Å². The topological polar surface area (TPSA) is 83.8 Å². The van der Waals surface area contributed by atoms with E-state index >= 15 is 0 Å². The highest BCUT2D eigenvalue weighted by Crippen LogP contribution is 2.04. The summed E-state index contributed by atoms with van der Waals surface area (Å²) in [4.78, 5) is 11.8. The quantitative estimate of drug-likeness (QED) is 0.684. The average molecular weight is 238 g/mol. The van der Waals surface area contributed by atoms with Gasteiger partial charge in [0.25, 0.3) is 0 Å². The first kappa shape index (κ1) is 13.7. The van der Waals surface area contributed by atoms with Crippen molar-refractivity contribution in [2.75, 3.05) is 6.54 Å². The highest BCUT2D eigenvalue weighted by molar-refractivity contribution is 5.78. The first-order valence-electron chi connectivity index (χ1n) is 6.01. The molecule has 0 aliphatic carbocycles. The number of rotatable bonds is 6. The van der Waals surface area contributed by atoms with E-state index in [1.165, 1.54) is 0 Å². The Morgan fingerprint density at radius 1 is 1.59 bits per heavy atom. The summed E-state index contributed by atoms with van der Waals surface area (Å²) in [6.07, 6.45) is 1.21. The minimum absolute atomic E-state index is 0.0207. The average Bonchev–Trinajstić information content (AvgIpc) is 2.62. The van der Waals surface area contributed by atoms with Crippen LogP contribution in [0.25, 0.3) is 0 Å². The Bertz CT molecular complexity index is 359. The summed E-state index contributed by atoms with van der Waals surface area (Å²) >= 11 is 0. The smallest absolute Gasteiger partial charge is 0.226 e. The van der Waals surface area contributed by atoms with Gasteiger partial charge in [-0.25, -0.2) is 0 Å². The van der Waals surface area contributed by atoms with E-state index in [0.29, 0.717) is 18.9 Å². The number of H-pyrrole nitrogens is 1. The molecule has 4 N–H and O–H groups in total. The molecule has 0 aliphatic rings. The maximum absolute atomic E-state index is 11.8. The fourth-order valence-corrected chi connectivity index (χ4v) is 1.79. The van der Waals surface area contributed by atoms with Crippen LogP contribution < -0.4 is 11.1 Å². The van der Waals surface area contributed by atoms with Crippen molar-refractivity contribution in [3.8, 4) is 0 Å². The van der Waals surface area contributed by atoms with E-state index < -0.39 is 0 Å². The number of nitrogens with zero attached hydrogens (tertiary/aromatic N) is 1. The van der Waals surface area contributed by atoms with Crippen molar-refractivity contribution in [2.24, 2.45) is 11.7 Å². The van der Waals surface area contributed by atoms with Crippen LogP contribution in [0, 0.1) is 12.8 Å². The SMILES string of the molecule is Cc1cc(CC(=O)NC(CN)CC(C)C)n[nH]1. The minimum Gasteiger partial charge on any atom is -0.352 e. The van der Waals surface area contributed by atoms with Gasteiger partial charge in [0.2, 0.25) is 5.91 Å². The van der Waals surface area contributed by atoms with Gasteiger partial charge in [0, 0.05) is 18.3 Å². The summed E-state index contributed by atoms with van der Waals surface area (Å²) in [6, 6.07) is 1.93. The van der Waals surface area contributed by atoms with Crippen LogP contribution >= 0.6 is 0 Å². The number of hydrogen-bond donors (Lipinski definition) is 3. The summed E-state index contributed by atoms with van der Waals surface area (Å²) < 4.78 is 0. The van der Waals surface area contributed by atoms with Gasteiger partial charge in [-0.1, -0.05) is 13.8 Å². The zero-order chi connectivity index (χ0) is 12.8. The second kappa shape index (κ2) is 6.39. The van der Waals surface area contributed by atoms with Crippen molar-refractivity contribution in [3.05, 3.63) is 17.5 Å². The summed E-state index contributed by atoms with van der Waals surface area (Å²) in [5.41, 5.74) is 7.36. The molecule has 1 aromatic heterocycles. The number of nitrogens with one attached hydrogen (secondary N) is 2. The zero-order valence-electron chi connectivity index (χ0n) is 10.8. The van der Waals surface area contributed by atoms with E-state index in [9.17, 15) is 4.79 Å². The molecule has 0 saturated carbocycles. The molecule has 1 amide bonds. The van der Waals surface area contributed by atoms with Crippen LogP contribution in [0.2, 0.25) is 0 Å². The third-order valence-electron chi connectivity index (χ3n) is 2.51. The number of aryl methyl sites for hydroxylation is 1. The second-order valence-corrected chi connectivity index (χ2v) is 4.85. The Morgan fingerprint density at radius 2 is 2.29 bits per heavy atom. The molecule has 0 radical (unpaired) electrons. The van der Waals surface area contributed by atoms with Gasteiger partial charge in [-0.05, 0) is 25.3 Å². The normalized spacial score (nSPS) is 12.8. The maximum atomic E-state index is 11.8. The van der Waals surface area contributed by atoms with Gasteiger partial charge in [0.1, 0.15) is 0 Å². The van der Waals surface area contributed by atoms with Crippen LogP contribution in [-0.4, -0.2) is 28.7 Å². The highest BCUT2D eigenvalue weighted by atomic mass is 16.1. The van der Waals surface area contributed by atoms with Crippen LogP contribution in [-0.2, 0) is 11.2 Å². The molecule has 0 fully saturated rings. The number of amides is 1. The first-order chi connectivity index (χ1) is 8.01. The maximum Gasteiger partial charge on any atom is 0.226 e. The molecule has 0 aromatic carbocycles. The molecule has 0 saturated heterocycles. The molecule has 1 heterocycles. The van der Waals surface area contributed by atoms with E-state index in [4.69, 9.17) is 5.73 Å². The van der Waals surface area contributed by atoms with Gasteiger partial charge in [0.05, 0.1) is 12.1 Å². The van der Waals surface area contributed by atoms with Gasteiger partial charge in [-0.15, -0.1) is 0 Å². The third kappa shape index (κ3) is 4.99. The van der Waals surface area contributed by atoms with Crippen molar-refractivity contribution in [3.63, 3.8) is 0 Å². The Morgan fingerprint density at radius 3 is 2.76 bits per heavy atom. The Kier molecular flexibility index (Phi) is 5.15. The fraction of sp³-hybridized carbons (Fsp3) is 0.667. The summed E-state index contributed by atoms with van der Waals surface area (Å²) in [6.45, 7) is 6.62. The van der Waals surface area contributed by atoms with Crippen molar-refractivity contribution >= 4 is 5.91 Å². The zero-order valence-corrected chi connectivity index (χ0v) is 10.8. The number of carbonyl (C=O) groups excluding carboxylic acids is 1. The molecule has 1 atom stereocenters. The Labute approximate surface area is 102 Å². The van der Waals surface area contributed by atoms with Crippen molar-refractivity contribution < 1.29 is 4.79 Å². The minimum atomic E-state index is -0.0207. The number of carbonyl (C=O) groups is 1. The van der Waals surface area contributed by atoms with E-state index in [0.717, 1.165) is 17.8 Å². The monoisotopic (exact) mass is 238 g/mol. The number of nitrogens with two attached hydrogens (primary N) is 1. The predicted molar refractivity (Wildman–Crippen MR) is 67.5 cm³/mol. The number of aromatic nitrogens is 2. The molecular formula is C12H22N4O. The van der Waals surface area contributed by atoms with Crippen molar-refractivity contribution in [2.45, 2.75) is 39.7 Å². The predicted octanol–water partition coefficient (Wildman–Crippen LogP) is 0.750. The molecule has 1 unspecified atom stereocenters. The van der Waals surface area contributed by atoms with Crippen LogP contribution in [0.3, 0.4) is 0 Å². The van der Waals surface area contributed by atoms with E-state index in [-0.39, 0.29) is 11.9 Å². The molecular weight excluding hydrogens is 216 g/mol. The highest BCUT2D eigenvalue weighted by Gasteiger charge is 2.13. The molecule has 1 aromatic rings. The summed E-state index contributed by atoms with van der Waals surface area (Å²) in [5.74, 6) is 0.504. The van der Waals surface area contributed by atoms with Gasteiger partial charge >= 0.3 is 0 Å². The molecule has 1 rings (SSSR count). The summed E-state index contributed by atoms with van der Waals surface area (Å²) in [5, 5.41) is 9.79. The Balaban J connectivity index is 2.42. The van der Waals surface area contributed by atoms with Crippen molar-refractivity contribution in [1.29, 1.82) is 0 Å². The lowest BCUT2D eigenvalue weighted by Gasteiger charge is -2.18. The molecule has 0 spiro atoms. The lowest BCUT2D eigenvalue weighted by Crippen LogP contribution is -2.41. The van der Waals surface area contributed by atoms with Gasteiger partial charge in [0.15, 0.2) is 0 Å². The van der Waals surface area contributed by atoms with Crippen LogP contribution in [0.1, 0.15) is 31.7 Å². The molecule has 5 nitrogen and oxygen atoms in total. The summed E-state index contributed by atoms with van der Waals surface area (Å²) in [7, 11) is 0. The van der Waals surface area contributed by atoms with Crippen LogP contribution in [0.4, 0.5) is 0 Å². The lowest BCUT2D eigenvalue weighted by molar-refractivity contribution is -0.121. The fourth-order valence-electron chi connectivity index (χ4n) is 1.79. The standard InChI is InChI=1S/C12H22N4O/c1-8(2)4-11(7-13)14-12(17)6-10-5-9(3)15-16-10/h5,8,11H,4,6-7,13H2,1-3H3,(H,14,17)(H,15,16). The number of aromatic amines is 1. The third-order valence-corrected chi connectivity index (χ3v) is 2.51. The van der Waals surface area contributed by atoms with E-state index in [2.05, 4.69) is 29.4 Å². The molecule has 0 aliphatic heterocycles. The molecule has 5 heteroatoms. The van der Waals surface area contributed by atoms with Crippen LogP contribution in [0.15, 0.2) is 6.07 Å². The van der Waals surface area contributed by atoms with Gasteiger partial charge < -0.3 is 11.1 Å². The molecule has 0 bridgehead atoms. The largest absolute Gasteiger partial charge is 0.352 e.